The molecule has 476 valence electrons. The Bertz CT molecular complexity index is 3130. The molecule has 88 heavy (non-hydrogen) atoms. The number of likely N-dealkylation sites (tertiary alicyclic amines) is 1. The highest BCUT2D eigenvalue weighted by atomic mass is 16.3. The summed E-state index contributed by atoms with van der Waals surface area (Å²) in [6, 6.07) is 1.01. The number of H-pyrrole nitrogens is 2. The van der Waals surface area contributed by atoms with Gasteiger partial charge in [0.2, 0.25) is 65.0 Å². The molecule has 0 saturated carbocycles. The normalized spacial score (nSPS) is 16.9. The van der Waals surface area contributed by atoms with Crippen LogP contribution < -0.4 is 64.6 Å². The topological polar surface area (TPSA) is 461 Å². The molecule has 18 N–H and O–H groups in total. The molecule has 2 aliphatic heterocycles. The number of rotatable bonds is 32. The number of nitrogens with two attached hydrogens (primary N) is 2. The number of likely N-dealkylation sites (N-methyl/N-ethyl adjacent to an activating group) is 1. The first-order chi connectivity index (χ1) is 42.0. The molecular weight excluding hydrogens is 1140 g/mol. The van der Waals surface area contributed by atoms with E-state index in [0.717, 1.165) is 0 Å². The van der Waals surface area contributed by atoms with E-state index in [2.05, 4.69) is 73.1 Å². The van der Waals surface area contributed by atoms with Crippen molar-refractivity contribution in [3.05, 3.63) is 84.1 Å². The summed E-state index contributed by atoms with van der Waals surface area (Å²) >= 11 is 0. The van der Waals surface area contributed by atoms with Gasteiger partial charge in [-0.05, 0) is 87.6 Å². The Balaban J connectivity index is 1.17. The zero-order chi connectivity index (χ0) is 64.0. The number of nitrogens with zero attached hydrogens (tertiary/aromatic N) is 3. The van der Waals surface area contributed by atoms with Crippen molar-refractivity contribution in [2.24, 2.45) is 22.4 Å². The second-order valence-corrected chi connectivity index (χ2v) is 22.1. The third-order valence-electron chi connectivity index (χ3n) is 14.8. The van der Waals surface area contributed by atoms with Crippen molar-refractivity contribution in [3.8, 4) is 5.75 Å². The predicted octanol–water partition coefficient (Wildman–Crippen LogP) is -3.35. The molecule has 2 aromatic carbocycles. The highest BCUT2D eigenvalue weighted by molar-refractivity contribution is 5.99. The minimum absolute atomic E-state index is 0.0235. The maximum absolute atomic E-state index is 14.5. The number of carbonyl (C=O) groups excluding carboxylic acids is 11. The van der Waals surface area contributed by atoms with Crippen molar-refractivity contribution in [1.82, 2.24) is 73.0 Å². The van der Waals surface area contributed by atoms with Crippen LogP contribution in [0, 0.1) is 5.92 Å². The molecule has 30 nitrogen and oxygen atoms in total. The third-order valence-corrected chi connectivity index (χ3v) is 14.8. The minimum Gasteiger partial charge on any atom is -0.508 e. The number of benzene rings is 2. The van der Waals surface area contributed by atoms with Crippen LogP contribution in [0.5, 0.6) is 5.75 Å². The number of aromatic amines is 2. The van der Waals surface area contributed by atoms with Gasteiger partial charge in [0.1, 0.15) is 60.1 Å². The molecule has 0 unspecified atom stereocenters. The number of hydrogen-bond donors (Lipinski definition) is 16. The first kappa shape index (κ1) is 67.5. The average Bonchev–Trinajstić information content (AvgIpc) is 3.49. The summed E-state index contributed by atoms with van der Waals surface area (Å²) in [5, 5.41) is 47.6. The lowest BCUT2D eigenvalue weighted by Crippen LogP contribution is -2.61. The van der Waals surface area contributed by atoms with Crippen molar-refractivity contribution in [1.29, 1.82) is 0 Å². The highest BCUT2D eigenvalue weighted by Crippen LogP contribution is 2.22. The number of imidazole rings is 1. The van der Waals surface area contributed by atoms with Crippen LogP contribution in [-0.4, -0.2) is 188 Å². The van der Waals surface area contributed by atoms with Crippen molar-refractivity contribution in [3.63, 3.8) is 0 Å². The number of fused-ring (bicyclic) bond motifs is 1. The van der Waals surface area contributed by atoms with Gasteiger partial charge in [-0.15, -0.1) is 0 Å². The van der Waals surface area contributed by atoms with E-state index in [4.69, 9.17) is 11.5 Å². The molecule has 2 fully saturated rings. The molecule has 0 bridgehead atoms. The zero-order valence-corrected chi connectivity index (χ0v) is 49.6. The largest absolute Gasteiger partial charge is 0.508 e. The Morgan fingerprint density at radius 3 is 2.01 bits per heavy atom. The van der Waals surface area contributed by atoms with Crippen LogP contribution in [0.3, 0.4) is 0 Å². The fourth-order valence-corrected chi connectivity index (χ4v) is 10.2. The molecule has 30 heteroatoms. The molecule has 0 aliphatic carbocycles. The Kier molecular flexibility index (Phi) is 25.1. The molecule has 2 saturated heterocycles. The molecule has 6 rings (SSSR count). The second kappa shape index (κ2) is 32.8. The summed E-state index contributed by atoms with van der Waals surface area (Å²) in [6.07, 6.45) is 5.30. The number of aromatic hydroxyl groups is 1. The van der Waals surface area contributed by atoms with Gasteiger partial charge in [0.05, 0.1) is 19.5 Å². The summed E-state index contributed by atoms with van der Waals surface area (Å²) in [5.41, 5.74) is 13.2. The molecule has 0 radical (unpaired) electrons. The van der Waals surface area contributed by atoms with E-state index in [9.17, 15) is 63.0 Å². The van der Waals surface area contributed by atoms with Gasteiger partial charge in [0.15, 0.2) is 5.96 Å². The van der Waals surface area contributed by atoms with Crippen molar-refractivity contribution in [2.75, 3.05) is 32.8 Å². The summed E-state index contributed by atoms with van der Waals surface area (Å²) in [5.74, 6) is -8.38. The van der Waals surface area contributed by atoms with E-state index in [1.807, 2.05) is 0 Å². The molecule has 11 amide bonds. The number of aliphatic hydroxyl groups is 1. The number of hydrogen-bond acceptors (Lipinski definition) is 15. The van der Waals surface area contributed by atoms with E-state index in [1.54, 1.807) is 51.2 Å². The zero-order valence-electron chi connectivity index (χ0n) is 49.6. The van der Waals surface area contributed by atoms with Gasteiger partial charge in [-0.2, -0.15) is 0 Å². The summed E-state index contributed by atoms with van der Waals surface area (Å²) in [4.78, 5) is 166. The molecule has 4 aromatic rings. The Morgan fingerprint density at radius 1 is 0.727 bits per heavy atom. The number of aliphatic hydroxyl groups excluding tert-OH is 1. The fourth-order valence-electron chi connectivity index (χ4n) is 10.2. The SMILES string of the molecule is CCNC(=O)CNC(=O)[C@@H]1CCCN1C(=O)[C@H](CCCN=C(N)N)NC(=O)[C@H](CC(C)C)NC(=O)[C@H](C)NC(=O)[C@H](Cc1ccc(O)cc1)NC(=O)[C@H](CO)NC(=O)[C@H](Cc1c[nH]c2ccccc12)NC(=O)[C@H](Cc1cnc[nH]1)NC(=O)[C@@H]1CCC(=O)N1. The smallest absolute Gasteiger partial charge is 0.245 e. The Labute approximate surface area is 507 Å². The lowest BCUT2D eigenvalue weighted by Gasteiger charge is -2.30. The average molecular weight is 1220 g/mol. The van der Waals surface area contributed by atoms with Crippen molar-refractivity contribution >= 4 is 81.8 Å². The van der Waals surface area contributed by atoms with Crippen LogP contribution in [0.15, 0.2) is 72.2 Å². The van der Waals surface area contributed by atoms with Crippen molar-refractivity contribution < 1.29 is 63.0 Å². The summed E-state index contributed by atoms with van der Waals surface area (Å²) in [6.45, 7) is 5.96. The standard InChI is InChI=1S/C58H81N17O13/c1-5-62-48(79)28-65-56(87)46-13-9-21-75(46)57(88)40(12-8-20-63-58(59)60)69-52(83)41(22-31(2)3)70-49(80)32(4)67-51(82)42(23-33-14-16-36(77)17-15-33)71-55(86)45(29-76)74-53(84)43(24-34-26-64-38-11-7-6-10-37(34)38)72-54(85)44(25-35-27-61-30-66-35)73-50(81)39-18-19-47(78)68-39/h6-7,10-11,14-17,26-27,30-32,39-46,64,76-77H,5,8-9,12-13,18-25,28-29H2,1-4H3,(H,61,66)(H,62,79)(H,65,87)(H,67,82)(H,68,78)(H,69,83)(H,70,80)(H,71,86)(H,72,85)(H,73,81)(H,74,84)(H4,59,60,63)/t32-,39-,40-,41-,42-,43-,44-,45-,46-/m0/s1. The molecule has 2 aliphatic rings. The van der Waals surface area contributed by atoms with E-state index in [0.29, 0.717) is 47.1 Å². The number of aromatic nitrogens is 3. The number of phenolic OH excluding ortho intramolecular Hbond substituents is 1. The Morgan fingerprint density at radius 2 is 1.36 bits per heavy atom. The van der Waals surface area contributed by atoms with Crippen LogP contribution >= 0.6 is 0 Å². The number of guanidine groups is 1. The third kappa shape index (κ3) is 20.0. The number of para-hydroxylation sites is 1. The van der Waals surface area contributed by atoms with E-state index in [-0.39, 0.29) is 94.5 Å². The van der Waals surface area contributed by atoms with Crippen LogP contribution in [-0.2, 0) is 72.0 Å². The Hall–Kier alpha value is -9.61. The summed E-state index contributed by atoms with van der Waals surface area (Å²) in [7, 11) is 0. The molecule has 0 spiro atoms. The maximum atomic E-state index is 14.5. The number of amides is 11. The predicted molar refractivity (Wildman–Crippen MR) is 319 cm³/mol. The van der Waals surface area contributed by atoms with E-state index in [1.165, 1.54) is 48.6 Å². The van der Waals surface area contributed by atoms with Gasteiger partial charge in [0.25, 0.3) is 0 Å². The van der Waals surface area contributed by atoms with Gasteiger partial charge in [-0.25, -0.2) is 4.98 Å². The van der Waals surface area contributed by atoms with Gasteiger partial charge >= 0.3 is 0 Å². The number of phenols is 1. The first-order valence-corrected chi connectivity index (χ1v) is 29.3. The second-order valence-electron chi connectivity index (χ2n) is 22.1. The minimum atomic E-state index is -1.76. The molecule has 2 aromatic heterocycles. The van der Waals surface area contributed by atoms with Gasteiger partial charge in [-0.1, -0.05) is 44.2 Å². The van der Waals surface area contributed by atoms with Crippen LogP contribution in [0.25, 0.3) is 10.9 Å². The maximum Gasteiger partial charge on any atom is 0.245 e. The molecule has 9 atom stereocenters. The quantitative estimate of drug-likeness (QED) is 0.0129. The van der Waals surface area contributed by atoms with Gasteiger partial charge in [-0.3, -0.25) is 57.7 Å². The number of carbonyl (C=O) groups is 11. The van der Waals surface area contributed by atoms with Crippen LogP contribution in [0.2, 0.25) is 0 Å². The first-order valence-electron chi connectivity index (χ1n) is 29.3. The lowest BCUT2D eigenvalue weighted by atomic mass is 10.0. The van der Waals surface area contributed by atoms with Crippen LogP contribution in [0.4, 0.5) is 0 Å². The monoisotopic (exact) mass is 1220 g/mol. The molecular formula is C58H81N17O13. The van der Waals surface area contributed by atoms with E-state index >= 15 is 0 Å². The van der Waals surface area contributed by atoms with Crippen molar-refractivity contribution in [2.45, 2.75) is 146 Å². The van der Waals surface area contributed by atoms with E-state index < -0.39 is 120 Å². The number of aliphatic imine (C=N–C) groups is 1. The number of nitrogens with one attached hydrogen (secondary N) is 12. The van der Waals surface area contributed by atoms with Gasteiger partial charge in [0, 0.05) is 74.3 Å². The van der Waals surface area contributed by atoms with Crippen LogP contribution in [0.1, 0.15) is 89.5 Å². The highest BCUT2D eigenvalue weighted by Gasteiger charge is 2.40. The van der Waals surface area contributed by atoms with Gasteiger partial charge < -0.3 is 89.7 Å². The molecule has 4 heterocycles. The lowest BCUT2D eigenvalue weighted by molar-refractivity contribution is -0.142. The summed E-state index contributed by atoms with van der Waals surface area (Å²) < 4.78 is 0. The fraction of sp³-hybridized carbons (Fsp3) is 0.500.